The van der Waals surface area contributed by atoms with E-state index >= 15 is 0 Å². The van der Waals surface area contributed by atoms with Gasteiger partial charge in [-0.1, -0.05) is 20.8 Å². The standard InChI is InChI=1S/C15H25N3O/c1-5-16-13-9-12(15(2,3)4)17-14(18-13)8-11-6-7-19-10-11/h9,11H,5-8,10H2,1-4H3,(H,16,17,18). The van der Waals surface area contributed by atoms with Gasteiger partial charge in [-0.3, -0.25) is 0 Å². The van der Waals surface area contributed by atoms with Crippen LogP contribution in [0.25, 0.3) is 0 Å². The van der Waals surface area contributed by atoms with Gasteiger partial charge in [-0.05, 0) is 19.3 Å². The van der Waals surface area contributed by atoms with Crippen molar-refractivity contribution in [2.45, 2.75) is 46.0 Å². The Labute approximate surface area is 116 Å². The molecule has 0 aromatic carbocycles. The molecule has 1 saturated heterocycles. The second-order valence-corrected chi connectivity index (χ2v) is 6.27. The van der Waals surface area contributed by atoms with Crippen LogP contribution in [0.1, 0.15) is 45.6 Å². The summed E-state index contributed by atoms with van der Waals surface area (Å²) in [6.45, 7) is 11.3. The van der Waals surface area contributed by atoms with E-state index in [0.29, 0.717) is 5.92 Å². The second kappa shape index (κ2) is 5.87. The number of ether oxygens (including phenoxy) is 1. The molecule has 2 heterocycles. The molecule has 106 valence electrons. The van der Waals surface area contributed by atoms with Gasteiger partial charge in [0.05, 0.1) is 5.69 Å². The molecule has 4 nitrogen and oxygen atoms in total. The van der Waals surface area contributed by atoms with Crippen LogP contribution in [0, 0.1) is 5.92 Å². The summed E-state index contributed by atoms with van der Waals surface area (Å²) in [5.41, 5.74) is 1.15. The van der Waals surface area contributed by atoms with Crippen LogP contribution < -0.4 is 5.32 Å². The molecule has 0 bridgehead atoms. The van der Waals surface area contributed by atoms with E-state index in [1.54, 1.807) is 0 Å². The van der Waals surface area contributed by atoms with Crippen LogP contribution >= 0.6 is 0 Å². The normalized spacial score (nSPS) is 19.7. The first-order valence-electron chi connectivity index (χ1n) is 7.19. The Balaban J connectivity index is 2.22. The number of nitrogens with zero attached hydrogens (tertiary/aromatic N) is 2. The van der Waals surface area contributed by atoms with Crippen molar-refractivity contribution in [2.24, 2.45) is 5.92 Å². The number of aromatic nitrogens is 2. The van der Waals surface area contributed by atoms with Crippen molar-refractivity contribution < 1.29 is 4.74 Å². The van der Waals surface area contributed by atoms with Gasteiger partial charge in [0.2, 0.25) is 0 Å². The quantitative estimate of drug-likeness (QED) is 0.907. The van der Waals surface area contributed by atoms with Crippen LogP contribution in [0.15, 0.2) is 6.07 Å². The average molecular weight is 263 g/mol. The van der Waals surface area contributed by atoms with Gasteiger partial charge >= 0.3 is 0 Å². The zero-order valence-corrected chi connectivity index (χ0v) is 12.5. The highest BCUT2D eigenvalue weighted by Crippen LogP contribution is 2.24. The first-order chi connectivity index (χ1) is 8.99. The molecular weight excluding hydrogens is 238 g/mol. The SMILES string of the molecule is CCNc1cc(C(C)(C)C)nc(CC2CCOC2)n1. The fourth-order valence-electron chi connectivity index (χ4n) is 2.25. The van der Waals surface area contributed by atoms with Crippen LogP contribution in [0.4, 0.5) is 5.82 Å². The number of rotatable bonds is 4. The van der Waals surface area contributed by atoms with Crippen LogP contribution in [0.5, 0.6) is 0 Å². The second-order valence-electron chi connectivity index (χ2n) is 6.27. The molecule has 0 amide bonds. The minimum Gasteiger partial charge on any atom is -0.381 e. The van der Waals surface area contributed by atoms with Crippen LogP contribution in [0.3, 0.4) is 0 Å². The monoisotopic (exact) mass is 263 g/mol. The Morgan fingerprint density at radius 2 is 2.16 bits per heavy atom. The highest BCUT2D eigenvalue weighted by Gasteiger charge is 2.21. The smallest absolute Gasteiger partial charge is 0.131 e. The van der Waals surface area contributed by atoms with E-state index in [1.165, 1.54) is 0 Å². The predicted octanol–water partition coefficient (Wildman–Crippen LogP) is 2.78. The van der Waals surface area contributed by atoms with Gasteiger partial charge in [-0.15, -0.1) is 0 Å². The van der Waals surface area contributed by atoms with Gasteiger partial charge in [0.1, 0.15) is 11.6 Å². The summed E-state index contributed by atoms with van der Waals surface area (Å²) in [7, 11) is 0. The molecule has 1 unspecified atom stereocenters. The fraction of sp³-hybridized carbons (Fsp3) is 0.733. The van der Waals surface area contributed by atoms with Gasteiger partial charge in [-0.25, -0.2) is 9.97 Å². The highest BCUT2D eigenvalue weighted by molar-refractivity contribution is 5.38. The van der Waals surface area contributed by atoms with E-state index in [9.17, 15) is 0 Å². The van der Waals surface area contributed by atoms with Gasteiger partial charge in [0.15, 0.2) is 0 Å². The molecule has 0 spiro atoms. The lowest BCUT2D eigenvalue weighted by Gasteiger charge is -2.20. The maximum absolute atomic E-state index is 5.43. The molecule has 1 aromatic heterocycles. The minimum atomic E-state index is 0.0496. The lowest BCUT2D eigenvalue weighted by atomic mass is 9.91. The van der Waals surface area contributed by atoms with E-state index in [1.807, 2.05) is 0 Å². The van der Waals surface area contributed by atoms with Crippen molar-refractivity contribution in [2.75, 3.05) is 25.1 Å². The molecular formula is C15H25N3O. The summed E-state index contributed by atoms with van der Waals surface area (Å²) in [5, 5.41) is 3.30. The van der Waals surface area contributed by atoms with E-state index in [2.05, 4.69) is 44.1 Å². The Bertz CT molecular complexity index is 420. The molecule has 1 aromatic rings. The molecule has 1 aliphatic heterocycles. The molecule has 4 heteroatoms. The lowest BCUT2D eigenvalue weighted by Crippen LogP contribution is -2.18. The van der Waals surface area contributed by atoms with Crippen molar-refractivity contribution in [3.05, 3.63) is 17.6 Å². The van der Waals surface area contributed by atoms with Crippen LogP contribution in [0.2, 0.25) is 0 Å². The topological polar surface area (TPSA) is 47.0 Å². The molecule has 1 aliphatic rings. The Morgan fingerprint density at radius 1 is 1.37 bits per heavy atom. The van der Waals surface area contributed by atoms with Gasteiger partial charge < -0.3 is 10.1 Å². The summed E-state index contributed by atoms with van der Waals surface area (Å²) in [6.07, 6.45) is 2.04. The average Bonchev–Trinajstić information content (AvgIpc) is 2.81. The maximum Gasteiger partial charge on any atom is 0.131 e. The fourth-order valence-corrected chi connectivity index (χ4v) is 2.25. The molecule has 1 fully saturated rings. The molecule has 1 atom stereocenters. The summed E-state index contributed by atoms with van der Waals surface area (Å²) >= 11 is 0. The van der Waals surface area contributed by atoms with E-state index < -0.39 is 0 Å². The third kappa shape index (κ3) is 3.90. The lowest BCUT2D eigenvalue weighted by molar-refractivity contribution is 0.185. The first kappa shape index (κ1) is 14.3. The Kier molecular flexibility index (Phi) is 4.40. The third-order valence-corrected chi connectivity index (χ3v) is 3.39. The third-order valence-electron chi connectivity index (χ3n) is 3.39. The summed E-state index contributed by atoms with van der Waals surface area (Å²) in [6, 6.07) is 2.07. The zero-order chi connectivity index (χ0) is 13.9. The molecule has 0 saturated carbocycles. The Hall–Kier alpha value is -1.16. The molecule has 0 radical (unpaired) electrons. The Morgan fingerprint density at radius 3 is 2.74 bits per heavy atom. The van der Waals surface area contributed by atoms with Gasteiger partial charge in [-0.2, -0.15) is 0 Å². The zero-order valence-electron chi connectivity index (χ0n) is 12.5. The molecule has 19 heavy (non-hydrogen) atoms. The number of nitrogens with one attached hydrogen (secondary N) is 1. The summed E-state index contributed by atoms with van der Waals surface area (Å²) < 4.78 is 5.43. The van der Waals surface area contributed by atoms with E-state index in [0.717, 1.165) is 49.9 Å². The number of anilines is 1. The summed E-state index contributed by atoms with van der Waals surface area (Å²) in [4.78, 5) is 9.37. The van der Waals surface area contributed by atoms with Crippen molar-refractivity contribution in [1.29, 1.82) is 0 Å². The highest BCUT2D eigenvalue weighted by atomic mass is 16.5. The maximum atomic E-state index is 5.43. The molecule has 0 aliphatic carbocycles. The number of hydrogen-bond acceptors (Lipinski definition) is 4. The first-order valence-corrected chi connectivity index (χ1v) is 7.19. The minimum absolute atomic E-state index is 0.0496. The van der Waals surface area contributed by atoms with Crippen LogP contribution in [-0.2, 0) is 16.6 Å². The van der Waals surface area contributed by atoms with Crippen molar-refractivity contribution >= 4 is 5.82 Å². The predicted molar refractivity (Wildman–Crippen MR) is 77.5 cm³/mol. The number of hydrogen-bond donors (Lipinski definition) is 1. The molecule has 1 N–H and O–H groups in total. The van der Waals surface area contributed by atoms with E-state index in [-0.39, 0.29) is 5.41 Å². The molecule has 2 rings (SSSR count). The van der Waals surface area contributed by atoms with E-state index in [4.69, 9.17) is 9.72 Å². The largest absolute Gasteiger partial charge is 0.381 e. The van der Waals surface area contributed by atoms with Crippen LogP contribution in [-0.4, -0.2) is 29.7 Å². The van der Waals surface area contributed by atoms with Crippen molar-refractivity contribution in [3.8, 4) is 0 Å². The summed E-state index contributed by atoms with van der Waals surface area (Å²) in [5.74, 6) is 2.46. The van der Waals surface area contributed by atoms with Crippen molar-refractivity contribution in [3.63, 3.8) is 0 Å². The van der Waals surface area contributed by atoms with Gasteiger partial charge in [0.25, 0.3) is 0 Å². The van der Waals surface area contributed by atoms with Crippen molar-refractivity contribution in [1.82, 2.24) is 9.97 Å². The van der Waals surface area contributed by atoms with Gasteiger partial charge in [0, 0.05) is 37.7 Å².